The van der Waals surface area contributed by atoms with E-state index in [1.54, 1.807) is 18.2 Å². The van der Waals surface area contributed by atoms with Gasteiger partial charge in [-0.2, -0.15) is 0 Å². The number of methoxy groups -OCH3 is 1. The maximum Gasteiger partial charge on any atom is 0.309 e. The van der Waals surface area contributed by atoms with Gasteiger partial charge in [0.1, 0.15) is 30.5 Å². The van der Waals surface area contributed by atoms with Gasteiger partial charge in [-0.05, 0) is 28.3 Å². The number of carbonyl (C=O) groups excluding carboxylic acids is 1. The summed E-state index contributed by atoms with van der Waals surface area (Å²) in [6, 6.07) is 14.6. The fourth-order valence-corrected chi connectivity index (χ4v) is 3.44. The molecule has 2 aromatic rings. The number of ether oxygens (including phenoxy) is 2. The van der Waals surface area contributed by atoms with Gasteiger partial charge in [-0.1, -0.05) is 42.5 Å². The first-order valence-electron chi connectivity index (χ1n) is 9.01. The lowest BCUT2D eigenvalue weighted by Gasteiger charge is -2.40. The molecule has 7 heteroatoms. The van der Waals surface area contributed by atoms with E-state index in [1.807, 2.05) is 30.3 Å². The molecule has 0 saturated carbocycles. The molecule has 1 heterocycles. The monoisotopic (exact) mass is 388 g/mol. The van der Waals surface area contributed by atoms with Crippen molar-refractivity contribution in [1.29, 1.82) is 0 Å². The van der Waals surface area contributed by atoms with Crippen molar-refractivity contribution < 1.29 is 34.7 Å². The van der Waals surface area contributed by atoms with E-state index in [-0.39, 0.29) is 12.4 Å². The highest BCUT2D eigenvalue weighted by Gasteiger charge is 2.43. The molecule has 5 unspecified atom stereocenters. The molecule has 0 aromatic heterocycles. The molecule has 4 N–H and O–H groups in total. The summed E-state index contributed by atoms with van der Waals surface area (Å²) in [5.41, 5.74) is 3.01. The number of rotatable bonds is 5. The Hall–Kier alpha value is -2.29. The van der Waals surface area contributed by atoms with Gasteiger partial charge in [0, 0.05) is 0 Å². The van der Waals surface area contributed by atoms with Gasteiger partial charge in [0.25, 0.3) is 0 Å². The van der Waals surface area contributed by atoms with Crippen molar-refractivity contribution in [2.75, 3.05) is 13.7 Å². The third kappa shape index (κ3) is 4.09. The molecule has 7 nitrogen and oxygen atoms in total. The zero-order chi connectivity index (χ0) is 20.3. The van der Waals surface area contributed by atoms with Crippen LogP contribution in [0.3, 0.4) is 0 Å². The molecule has 0 spiro atoms. The van der Waals surface area contributed by atoms with Crippen LogP contribution in [0.25, 0.3) is 11.1 Å². The molecule has 1 fully saturated rings. The predicted molar refractivity (Wildman–Crippen MR) is 100 cm³/mol. The van der Waals surface area contributed by atoms with Gasteiger partial charge in [0.2, 0.25) is 0 Å². The minimum absolute atomic E-state index is 0.122. The summed E-state index contributed by atoms with van der Waals surface area (Å²) in [6.07, 6.45) is -5.96. The van der Waals surface area contributed by atoms with Crippen molar-refractivity contribution in [2.45, 2.75) is 36.9 Å². The minimum Gasteiger partial charge on any atom is -0.469 e. The molecule has 1 aliphatic heterocycles. The van der Waals surface area contributed by atoms with Crippen LogP contribution < -0.4 is 0 Å². The molecule has 0 aliphatic carbocycles. The molecule has 1 saturated heterocycles. The van der Waals surface area contributed by atoms with Crippen LogP contribution in [0.5, 0.6) is 0 Å². The summed E-state index contributed by atoms with van der Waals surface area (Å²) in [4.78, 5) is 11.7. The summed E-state index contributed by atoms with van der Waals surface area (Å²) in [7, 11) is 1.34. The molecule has 28 heavy (non-hydrogen) atoms. The van der Waals surface area contributed by atoms with Crippen LogP contribution in [0.4, 0.5) is 0 Å². The van der Waals surface area contributed by atoms with Crippen LogP contribution in [0, 0.1) is 0 Å². The van der Waals surface area contributed by atoms with Crippen LogP contribution >= 0.6 is 0 Å². The van der Waals surface area contributed by atoms with Gasteiger partial charge in [0.05, 0.1) is 20.1 Å². The lowest BCUT2D eigenvalue weighted by molar-refractivity contribution is -0.231. The lowest BCUT2D eigenvalue weighted by Crippen LogP contribution is -2.55. The summed E-state index contributed by atoms with van der Waals surface area (Å²) in [6.45, 7) is -0.483. The third-order valence-electron chi connectivity index (χ3n) is 5.00. The Labute approximate surface area is 162 Å². The molecular weight excluding hydrogens is 364 g/mol. The van der Waals surface area contributed by atoms with Gasteiger partial charge < -0.3 is 29.9 Å². The number of aliphatic hydroxyl groups excluding tert-OH is 4. The number of hydrogen-bond acceptors (Lipinski definition) is 7. The molecule has 0 bridgehead atoms. The Bertz CT molecular complexity index is 820. The standard InChI is InChI=1S/C21H24O7/c1-27-17(23)10-13-5-2-3-8-15(13)12-6-4-7-14(9-12)21-20(26)19(25)18(24)16(11-22)28-21/h2-9,16,18-22,24-26H,10-11H2,1H3. The maximum atomic E-state index is 11.7. The number of aliphatic hydroxyl groups is 4. The zero-order valence-electron chi connectivity index (χ0n) is 15.4. The third-order valence-corrected chi connectivity index (χ3v) is 5.00. The summed E-state index contributed by atoms with van der Waals surface area (Å²) >= 11 is 0. The molecule has 0 radical (unpaired) electrons. The normalized spacial score (nSPS) is 27.4. The van der Waals surface area contributed by atoms with Gasteiger partial charge in [-0.25, -0.2) is 0 Å². The van der Waals surface area contributed by atoms with Crippen molar-refractivity contribution in [3.05, 3.63) is 59.7 Å². The zero-order valence-corrected chi connectivity index (χ0v) is 15.4. The van der Waals surface area contributed by atoms with Gasteiger partial charge >= 0.3 is 5.97 Å². The van der Waals surface area contributed by atoms with Crippen molar-refractivity contribution in [2.24, 2.45) is 0 Å². The first-order valence-corrected chi connectivity index (χ1v) is 9.01. The number of hydrogen-bond donors (Lipinski definition) is 4. The van der Waals surface area contributed by atoms with Crippen molar-refractivity contribution >= 4 is 5.97 Å². The molecule has 3 rings (SSSR count). The SMILES string of the molecule is COC(=O)Cc1ccccc1-c1cccc(C2OC(CO)C(O)C(O)C2O)c1. The quantitative estimate of drug-likeness (QED) is 0.554. The molecule has 2 aromatic carbocycles. The molecular formula is C21H24O7. The second-order valence-corrected chi connectivity index (χ2v) is 6.79. The van der Waals surface area contributed by atoms with Crippen LogP contribution in [0.15, 0.2) is 48.5 Å². The lowest BCUT2D eigenvalue weighted by atomic mass is 9.89. The Morgan fingerprint density at radius 1 is 1.04 bits per heavy atom. The van der Waals surface area contributed by atoms with E-state index in [0.717, 1.165) is 16.7 Å². The van der Waals surface area contributed by atoms with Crippen molar-refractivity contribution in [1.82, 2.24) is 0 Å². The van der Waals surface area contributed by atoms with E-state index >= 15 is 0 Å². The van der Waals surface area contributed by atoms with Crippen LogP contribution in [-0.2, 0) is 20.7 Å². The van der Waals surface area contributed by atoms with Crippen LogP contribution in [0.1, 0.15) is 17.2 Å². The topological polar surface area (TPSA) is 116 Å². The predicted octanol–water partition coefficient (Wildman–Crippen LogP) is 0.584. The highest BCUT2D eigenvalue weighted by molar-refractivity contribution is 5.78. The summed E-state index contributed by atoms with van der Waals surface area (Å²) < 4.78 is 10.4. The van der Waals surface area contributed by atoms with Gasteiger partial charge in [-0.3, -0.25) is 4.79 Å². The van der Waals surface area contributed by atoms with Crippen LogP contribution in [0.2, 0.25) is 0 Å². The van der Waals surface area contributed by atoms with Crippen LogP contribution in [-0.4, -0.2) is 64.5 Å². The second kappa shape index (κ2) is 8.81. The largest absolute Gasteiger partial charge is 0.469 e. The average molecular weight is 388 g/mol. The van der Waals surface area contributed by atoms with Crippen molar-refractivity contribution in [3.8, 4) is 11.1 Å². The fourth-order valence-electron chi connectivity index (χ4n) is 3.44. The van der Waals surface area contributed by atoms with E-state index in [2.05, 4.69) is 0 Å². The fraction of sp³-hybridized carbons (Fsp3) is 0.381. The number of esters is 1. The van der Waals surface area contributed by atoms with E-state index in [0.29, 0.717) is 5.56 Å². The van der Waals surface area contributed by atoms with E-state index in [4.69, 9.17) is 9.47 Å². The van der Waals surface area contributed by atoms with E-state index in [1.165, 1.54) is 7.11 Å². The van der Waals surface area contributed by atoms with Gasteiger partial charge in [-0.15, -0.1) is 0 Å². The smallest absolute Gasteiger partial charge is 0.309 e. The minimum atomic E-state index is -1.44. The highest BCUT2D eigenvalue weighted by atomic mass is 16.5. The average Bonchev–Trinajstić information content (AvgIpc) is 2.72. The Morgan fingerprint density at radius 2 is 1.79 bits per heavy atom. The van der Waals surface area contributed by atoms with E-state index < -0.39 is 37.1 Å². The highest BCUT2D eigenvalue weighted by Crippen LogP contribution is 2.34. The summed E-state index contributed by atoms with van der Waals surface area (Å²) in [5, 5.41) is 39.8. The van der Waals surface area contributed by atoms with E-state index in [9.17, 15) is 25.2 Å². The first kappa shape index (κ1) is 20.4. The molecule has 150 valence electrons. The number of benzene rings is 2. The molecule has 1 aliphatic rings. The Balaban J connectivity index is 1.94. The van der Waals surface area contributed by atoms with Gasteiger partial charge in [0.15, 0.2) is 0 Å². The summed E-state index contributed by atoms with van der Waals surface area (Å²) in [5.74, 6) is -0.350. The Morgan fingerprint density at radius 3 is 2.50 bits per heavy atom. The molecule has 5 atom stereocenters. The molecule has 0 amide bonds. The Kier molecular flexibility index (Phi) is 6.43. The van der Waals surface area contributed by atoms with Crippen molar-refractivity contribution in [3.63, 3.8) is 0 Å². The maximum absolute atomic E-state index is 11.7. The second-order valence-electron chi connectivity index (χ2n) is 6.79. The number of carbonyl (C=O) groups is 1. The first-order chi connectivity index (χ1) is 13.5.